The first-order valence-electron chi connectivity index (χ1n) is 9.20. The molecule has 0 bridgehead atoms. The third kappa shape index (κ3) is 4.32. The Balaban J connectivity index is 2.38. The fourth-order valence-corrected chi connectivity index (χ4v) is 3.10. The van der Waals surface area contributed by atoms with E-state index in [9.17, 15) is 9.59 Å². The van der Waals surface area contributed by atoms with Crippen LogP contribution in [0.1, 0.15) is 26.3 Å². The van der Waals surface area contributed by atoms with Crippen LogP contribution in [0.15, 0.2) is 48.5 Å². The first kappa shape index (κ1) is 20.2. The van der Waals surface area contributed by atoms with E-state index >= 15 is 0 Å². The Bertz CT molecular complexity index is 1060. The van der Waals surface area contributed by atoms with Gasteiger partial charge in [-0.05, 0) is 36.8 Å². The molecule has 0 unspecified atom stereocenters. The van der Waals surface area contributed by atoms with Crippen LogP contribution < -0.4 is 18.9 Å². The number of hydrogen-bond donors (Lipinski definition) is 0. The smallest absolute Gasteiger partial charge is 0.308 e. The maximum absolute atomic E-state index is 11.9. The van der Waals surface area contributed by atoms with Crippen molar-refractivity contribution in [2.24, 2.45) is 0 Å². The highest BCUT2D eigenvalue weighted by atomic mass is 16.6. The number of ether oxygens (including phenoxy) is 4. The summed E-state index contributed by atoms with van der Waals surface area (Å²) in [7, 11) is 1.55. The molecule has 0 fully saturated rings. The molecule has 0 aromatic heterocycles. The number of fused-ring (bicyclic) bond motifs is 1. The van der Waals surface area contributed by atoms with E-state index in [-0.39, 0.29) is 5.75 Å². The predicted molar refractivity (Wildman–Crippen MR) is 109 cm³/mol. The van der Waals surface area contributed by atoms with Gasteiger partial charge in [-0.1, -0.05) is 25.1 Å². The maximum Gasteiger partial charge on any atom is 0.308 e. The van der Waals surface area contributed by atoms with Gasteiger partial charge in [0.15, 0.2) is 11.5 Å². The fourth-order valence-electron chi connectivity index (χ4n) is 3.10. The van der Waals surface area contributed by atoms with Crippen molar-refractivity contribution in [3.63, 3.8) is 0 Å². The molecule has 6 nitrogen and oxygen atoms in total. The van der Waals surface area contributed by atoms with Crippen LogP contribution in [0.4, 0.5) is 0 Å². The number of carbonyl (C=O) groups is 2. The zero-order valence-corrected chi connectivity index (χ0v) is 16.8. The Morgan fingerprint density at radius 2 is 1.45 bits per heavy atom. The predicted octanol–water partition coefficient (Wildman–Crippen LogP) is 5.05. The molecule has 3 aromatic carbocycles. The van der Waals surface area contributed by atoms with Crippen molar-refractivity contribution in [1.82, 2.24) is 0 Å². The zero-order chi connectivity index (χ0) is 21.0. The summed E-state index contributed by atoms with van der Waals surface area (Å²) < 4.78 is 22.6. The van der Waals surface area contributed by atoms with Gasteiger partial charge in [-0.3, -0.25) is 9.59 Å². The van der Waals surface area contributed by atoms with Crippen molar-refractivity contribution in [1.29, 1.82) is 0 Å². The van der Waals surface area contributed by atoms with Gasteiger partial charge < -0.3 is 18.9 Å². The molecule has 0 atom stereocenters. The summed E-state index contributed by atoms with van der Waals surface area (Å²) in [6.45, 7) is 4.57. The second kappa shape index (κ2) is 8.65. The van der Waals surface area contributed by atoms with Crippen LogP contribution >= 0.6 is 0 Å². The summed E-state index contributed by atoms with van der Waals surface area (Å²) in [5.74, 6) is 1.16. The molecule has 29 heavy (non-hydrogen) atoms. The van der Waals surface area contributed by atoms with Gasteiger partial charge in [0.2, 0.25) is 0 Å². The highest BCUT2D eigenvalue weighted by Gasteiger charge is 2.25. The minimum atomic E-state index is -0.484. The summed E-state index contributed by atoms with van der Waals surface area (Å²) >= 11 is 0. The number of carbonyl (C=O) groups excluding carboxylic acids is 2. The average Bonchev–Trinajstić information content (AvgIpc) is 2.70. The Labute approximate surface area is 169 Å². The molecule has 150 valence electrons. The lowest BCUT2D eigenvalue weighted by Gasteiger charge is -2.21. The van der Waals surface area contributed by atoms with Gasteiger partial charge in [0.1, 0.15) is 17.2 Å². The number of esters is 2. The van der Waals surface area contributed by atoms with Crippen molar-refractivity contribution in [3.8, 4) is 28.7 Å². The Morgan fingerprint density at radius 1 is 0.793 bits per heavy atom. The van der Waals surface area contributed by atoms with E-state index in [1.165, 1.54) is 13.8 Å². The molecule has 0 aliphatic rings. The largest absolute Gasteiger partial charge is 0.497 e. The van der Waals surface area contributed by atoms with Crippen LogP contribution in [-0.2, 0) is 16.0 Å². The van der Waals surface area contributed by atoms with Gasteiger partial charge >= 0.3 is 11.9 Å². The SMILES string of the molecule is CCc1c(Oc2ccccc2)c(OC(C)=O)c2ccc(OC)cc2c1OC(C)=O. The van der Waals surface area contributed by atoms with Crippen molar-refractivity contribution in [2.75, 3.05) is 7.11 Å². The van der Waals surface area contributed by atoms with E-state index in [1.54, 1.807) is 37.4 Å². The van der Waals surface area contributed by atoms with Gasteiger partial charge in [-0.2, -0.15) is 0 Å². The van der Waals surface area contributed by atoms with E-state index in [4.69, 9.17) is 18.9 Å². The Morgan fingerprint density at radius 3 is 2.03 bits per heavy atom. The lowest BCUT2D eigenvalue weighted by molar-refractivity contribution is -0.133. The lowest BCUT2D eigenvalue weighted by atomic mass is 10.0. The van der Waals surface area contributed by atoms with E-state index in [2.05, 4.69) is 0 Å². The molecule has 0 saturated carbocycles. The van der Waals surface area contributed by atoms with Gasteiger partial charge in [0.05, 0.1) is 7.11 Å². The summed E-state index contributed by atoms with van der Waals surface area (Å²) in [5, 5.41) is 1.16. The molecular formula is C23H22O6. The van der Waals surface area contributed by atoms with Crippen molar-refractivity contribution >= 4 is 22.7 Å². The van der Waals surface area contributed by atoms with Crippen LogP contribution in [-0.4, -0.2) is 19.0 Å². The Kier molecular flexibility index (Phi) is 6.02. The molecule has 0 spiro atoms. The molecule has 0 heterocycles. The van der Waals surface area contributed by atoms with Crippen molar-refractivity contribution in [3.05, 3.63) is 54.1 Å². The number of methoxy groups -OCH3 is 1. The fraction of sp³-hybridized carbons (Fsp3) is 0.217. The second-order valence-electron chi connectivity index (χ2n) is 6.33. The van der Waals surface area contributed by atoms with Crippen LogP contribution in [0.5, 0.6) is 28.7 Å². The molecular weight excluding hydrogens is 372 g/mol. The number of benzene rings is 3. The molecule has 0 N–H and O–H groups in total. The minimum Gasteiger partial charge on any atom is -0.497 e. The van der Waals surface area contributed by atoms with Gasteiger partial charge in [0, 0.05) is 30.2 Å². The van der Waals surface area contributed by atoms with E-state index < -0.39 is 11.9 Å². The van der Waals surface area contributed by atoms with Crippen molar-refractivity contribution in [2.45, 2.75) is 27.2 Å². The monoisotopic (exact) mass is 394 g/mol. The van der Waals surface area contributed by atoms with E-state index in [0.717, 1.165) is 0 Å². The normalized spacial score (nSPS) is 10.5. The first-order chi connectivity index (χ1) is 13.9. The first-order valence-corrected chi connectivity index (χ1v) is 9.20. The number of rotatable bonds is 6. The zero-order valence-electron chi connectivity index (χ0n) is 16.8. The van der Waals surface area contributed by atoms with Crippen LogP contribution in [0.25, 0.3) is 10.8 Å². The summed E-state index contributed by atoms with van der Waals surface area (Å²) in [6, 6.07) is 14.4. The van der Waals surface area contributed by atoms with E-state index in [1.807, 2.05) is 25.1 Å². The molecule has 3 rings (SSSR count). The number of para-hydroxylation sites is 1. The summed E-state index contributed by atoms with van der Waals surface area (Å²) in [5.41, 5.74) is 0.612. The van der Waals surface area contributed by atoms with Crippen LogP contribution in [0.2, 0.25) is 0 Å². The summed E-state index contributed by atoms with van der Waals surface area (Å²) in [6.07, 6.45) is 0.478. The van der Waals surface area contributed by atoms with Gasteiger partial charge in [0.25, 0.3) is 0 Å². The van der Waals surface area contributed by atoms with Crippen molar-refractivity contribution < 1.29 is 28.5 Å². The highest BCUT2D eigenvalue weighted by Crippen LogP contribution is 2.48. The van der Waals surface area contributed by atoms with Crippen LogP contribution in [0.3, 0.4) is 0 Å². The van der Waals surface area contributed by atoms with Gasteiger partial charge in [-0.15, -0.1) is 0 Å². The third-order valence-corrected chi connectivity index (χ3v) is 4.28. The van der Waals surface area contributed by atoms with Crippen LogP contribution in [0, 0.1) is 0 Å². The molecule has 6 heteroatoms. The second-order valence-corrected chi connectivity index (χ2v) is 6.33. The lowest BCUT2D eigenvalue weighted by Crippen LogP contribution is -2.09. The standard InChI is InChI=1S/C23H22O6/c1-5-18-21(27-14(2)24)20-13-17(26-4)11-12-19(20)23(28-15(3)25)22(18)29-16-9-7-6-8-10-16/h6-13H,5H2,1-4H3. The molecule has 0 radical (unpaired) electrons. The van der Waals surface area contributed by atoms with Gasteiger partial charge in [-0.25, -0.2) is 0 Å². The topological polar surface area (TPSA) is 71.1 Å². The Hall–Kier alpha value is -3.54. The molecule has 0 aliphatic heterocycles. The minimum absolute atomic E-state index is 0.270. The quantitative estimate of drug-likeness (QED) is 0.430. The third-order valence-electron chi connectivity index (χ3n) is 4.28. The molecule has 3 aromatic rings. The molecule has 0 saturated heterocycles. The number of hydrogen-bond acceptors (Lipinski definition) is 6. The molecule has 0 amide bonds. The highest BCUT2D eigenvalue weighted by molar-refractivity contribution is 6.00. The molecule has 0 aliphatic carbocycles. The maximum atomic E-state index is 11.9. The average molecular weight is 394 g/mol. The summed E-state index contributed by atoms with van der Waals surface area (Å²) in [4.78, 5) is 23.7. The van der Waals surface area contributed by atoms with E-state index in [0.29, 0.717) is 45.8 Å².